The lowest BCUT2D eigenvalue weighted by molar-refractivity contribution is 0.0696. The number of pyridine rings is 1. The van der Waals surface area contributed by atoms with Crippen molar-refractivity contribution in [1.82, 2.24) is 10.3 Å². The van der Waals surface area contributed by atoms with Gasteiger partial charge in [-0.05, 0) is 24.6 Å². The van der Waals surface area contributed by atoms with Crippen LogP contribution in [0.15, 0.2) is 18.3 Å². The zero-order chi connectivity index (χ0) is 12.0. The molecule has 1 rings (SSSR count). The van der Waals surface area contributed by atoms with Crippen molar-refractivity contribution in [3.63, 3.8) is 0 Å². The van der Waals surface area contributed by atoms with Crippen molar-refractivity contribution in [3.8, 4) is 0 Å². The maximum Gasteiger partial charge on any atom is 0.337 e. The van der Waals surface area contributed by atoms with Gasteiger partial charge in [-0.15, -0.1) is 0 Å². The number of aromatic carboxylic acids is 1. The molecule has 0 saturated heterocycles. The van der Waals surface area contributed by atoms with Crippen LogP contribution in [0.5, 0.6) is 0 Å². The Kier molecular flexibility index (Phi) is 4.92. The zero-order valence-electron chi connectivity index (χ0n) is 9.73. The molecule has 1 unspecified atom stereocenters. The number of nitrogens with one attached hydrogen (secondary N) is 1. The van der Waals surface area contributed by atoms with Gasteiger partial charge in [-0.25, -0.2) is 4.79 Å². The topological polar surface area (TPSA) is 62.2 Å². The number of rotatable bonds is 6. The van der Waals surface area contributed by atoms with Crippen LogP contribution in [0.3, 0.4) is 0 Å². The van der Waals surface area contributed by atoms with Gasteiger partial charge in [0.1, 0.15) is 0 Å². The second-order valence-corrected chi connectivity index (χ2v) is 3.99. The van der Waals surface area contributed by atoms with Crippen LogP contribution in [-0.4, -0.2) is 22.6 Å². The van der Waals surface area contributed by atoms with Gasteiger partial charge in [0.2, 0.25) is 0 Å². The van der Waals surface area contributed by atoms with E-state index in [1.165, 1.54) is 6.20 Å². The van der Waals surface area contributed by atoms with E-state index in [-0.39, 0.29) is 5.56 Å². The fourth-order valence-electron chi connectivity index (χ4n) is 1.25. The summed E-state index contributed by atoms with van der Waals surface area (Å²) >= 11 is 0. The predicted octanol–water partition coefficient (Wildman–Crippen LogP) is 1.92. The van der Waals surface area contributed by atoms with Crippen LogP contribution in [-0.2, 0) is 6.54 Å². The van der Waals surface area contributed by atoms with Crippen LogP contribution in [0.4, 0.5) is 0 Å². The standard InChI is InChI=1S/C12H18N2O2/c1-3-9(2)6-13-8-11-5-4-10(7-14-11)12(15)16/h4-5,7,9,13H,3,6,8H2,1-2H3,(H,15,16). The maximum atomic E-state index is 10.6. The minimum Gasteiger partial charge on any atom is -0.478 e. The van der Waals surface area contributed by atoms with Gasteiger partial charge in [0, 0.05) is 12.7 Å². The van der Waals surface area contributed by atoms with Gasteiger partial charge in [-0.3, -0.25) is 4.98 Å². The van der Waals surface area contributed by atoms with Crippen molar-refractivity contribution in [3.05, 3.63) is 29.6 Å². The van der Waals surface area contributed by atoms with Gasteiger partial charge >= 0.3 is 5.97 Å². The number of aromatic nitrogens is 1. The van der Waals surface area contributed by atoms with E-state index in [1.807, 2.05) is 0 Å². The highest BCUT2D eigenvalue weighted by atomic mass is 16.4. The summed E-state index contributed by atoms with van der Waals surface area (Å²) in [5.41, 5.74) is 1.10. The molecule has 4 heteroatoms. The van der Waals surface area contributed by atoms with Gasteiger partial charge in [0.25, 0.3) is 0 Å². The Morgan fingerprint density at radius 1 is 1.56 bits per heavy atom. The summed E-state index contributed by atoms with van der Waals surface area (Å²) in [4.78, 5) is 14.7. The minimum absolute atomic E-state index is 0.227. The molecule has 88 valence electrons. The summed E-state index contributed by atoms with van der Waals surface area (Å²) in [5.74, 6) is -0.287. The summed E-state index contributed by atoms with van der Waals surface area (Å²) in [7, 11) is 0. The van der Waals surface area contributed by atoms with Crippen LogP contribution in [0, 0.1) is 5.92 Å². The van der Waals surface area contributed by atoms with Crippen LogP contribution in [0.1, 0.15) is 36.3 Å². The quantitative estimate of drug-likeness (QED) is 0.772. The molecule has 1 aromatic rings. The third kappa shape index (κ3) is 3.98. The molecule has 0 spiro atoms. The van der Waals surface area contributed by atoms with Gasteiger partial charge in [0.05, 0.1) is 11.3 Å². The Morgan fingerprint density at radius 3 is 2.81 bits per heavy atom. The first kappa shape index (κ1) is 12.6. The first-order chi connectivity index (χ1) is 7.63. The van der Waals surface area contributed by atoms with E-state index < -0.39 is 5.97 Å². The Bertz CT molecular complexity index is 335. The van der Waals surface area contributed by atoms with E-state index in [2.05, 4.69) is 24.1 Å². The largest absolute Gasteiger partial charge is 0.478 e. The number of carboxylic acid groups (broad SMARTS) is 1. The number of nitrogens with zero attached hydrogens (tertiary/aromatic N) is 1. The average molecular weight is 222 g/mol. The lowest BCUT2D eigenvalue weighted by atomic mass is 10.1. The molecule has 0 bridgehead atoms. The first-order valence-electron chi connectivity index (χ1n) is 5.52. The van der Waals surface area contributed by atoms with E-state index in [0.29, 0.717) is 12.5 Å². The van der Waals surface area contributed by atoms with Crippen molar-refractivity contribution >= 4 is 5.97 Å². The predicted molar refractivity (Wildman–Crippen MR) is 62.4 cm³/mol. The number of carbonyl (C=O) groups is 1. The van der Waals surface area contributed by atoms with E-state index in [9.17, 15) is 4.79 Å². The lowest BCUT2D eigenvalue weighted by Crippen LogP contribution is -2.20. The second-order valence-electron chi connectivity index (χ2n) is 3.99. The minimum atomic E-state index is -0.938. The third-order valence-electron chi connectivity index (χ3n) is 2.57. The van der Waals surface area contributed by atoms with Crippen molar-refractivity contribution in [2.24, 2.45) is 5.92 Å². The summed E-state index contributed by atoms with van der Waals surface area (Å²) in [5, 5.41) is 12.0. The fourth-order valence-corrected chi connectivity index (χ4v) is 1.25. The summed E-state index contributed by atoms with van der Waals surface area (Å²) in [6.07, 6.45) is 2.54. The molecule has 0 fully saturated rings. The molecule has 0 amide bonds. The lowest BCUT2D eigenvalue weighted by Gasteiger charge is -2.09. The van der Waals surface area contributed by atoms with Gasteiger partial charge in [-0.1, -0.05) is 20.3 Å². The van der Waals surface area contributed by atoms with Crippen LogP contribution >= 0.6 is 0 Å². The summed E-state index contributed by atoms with van der Waals surface area (Å²) in [6.45, 7) is 5.99. The first-order valence-corrected chi connectivity index (χ1v) is 5.52. The highest BCUT2D eigenvalue weighted by molar-refractivity contribution is 5.87. The average Bonchev–Trinajstić information content (AvgIpc) is 2.29. The summed E-state index contributed by atoms with van der Waals surface area (Å²) in [6, 6.07) is 3.32. The SMILES string of the molecule is CCC(C)CNCc1ccc(C(=O)O)cn1. The normalized spacial score (nSPS) is 12.4. The highest BCUT2D eigenvalue weighted by Crippen LogP contribution is 2.01. The van der Waals surface area contributed by atoms with E-state index in [0.717, 1.165) is 18.7 Å². The molecule has 0 radical (unpaired) electrons. The van der Waals surface area contributed by atoms with E-state index >= 15 is 0 Å². The van der Waals surface area contributed by atoms with Crippen molar-refractivity contribution in [1.29, 1.82) is 0 Å². The molecule has 0 saturated carbocycles. The third-order valence-corrected chi connectivity index (χ3v) is 2.57. The maximum absolute atomic E-state index is 10.6. The Morgan fingerprint density at radius 2 is 2.31 bits per heavy atom. The monoisotopic (exact) mass is 222 g/mol. The van der Waals surface area contributed by atoms with Crippen LogP contribution < -0.4 is 5.32 Å². The highest BCUT2D eigenvalue weighted by Gasteiger charge is 2.03. The number of hydrogen-bond acceptors (Lipinski definition) is 3. The molecule has 0 aliphatic carbocycles. The van der Waals surface area contributed by atoms with Crippen LogP contribution in [0.2, 0.25) is 0 Å². The van der Waals surface area contributed by atoms with Gasteiger partial charge in [-0.2, -0.15) is 0 Å². The molecule has 16 heavy (non-hydrogen) atoms. The molecule has 4 nitrogen and oxygen atoms in total. The molecular weight excluding hydrogens is 204 g/mol. The van der Waals surface area contributed by atoms with Crippen molar-refractivity contribution < 1.29 is 9.90 Å². The van der Waals surface area contributed by atoms with Crippen molar-refractivity contribution in [2.75, 3.05) is 6.54 Å². The molecular formula is C12H18N2O2. The molecule has 1 aromatic heterocycles. The molecule has 0 aliphatic rings. The molecule has 1 atom stereocenters. The number of carboxylic acids is 1. The van der Waals surface area contributed by atoms with E-state index in [4.69, 9.17) is 5.11 Å². The van der Waals surface area contributed by atoms with Gasteiger partial charge in [0.15, 0.2) is 0 Å². The Balaban J connectivity index is 2.40. The number of hydrogen-bond donors (Lipinski definition) is 2. The second kappa shape index (κ2) is 6.23. The fraction of sp³-hybridized carbons (Fsp3) is 0.500. The smallest absolute Gasteiger partial charge is 0.337 e. The Labute approximate surface area is 95.7 Å². The van der Waals surface area contributed by atoms with E-state index in [1.54, 1.807) is 12.1 Å². The van der Waals surface area contributed by atoms with Gasteiger partial charge < -0.3 is 10.4 Å². The molecule has 2 N–H and O–H groups in total. The van der Waals surface area contributed by atoms with Crippen LogP contribution in [0.25, 0.3) is 0 Å². The molecule has 0 aromatic carbocycles. The molecule has 1 heterocycles. The summed E-state index contributed by atoms with van der Waals surface area (Å²) < 4.78 is 0. The Hall–Kier alpha value is -1.42. The zero-order valence-corrected chi connectivity index (χ0v) is 9.73. The molecule has 0 aliphatic heterocycles. The van der Waals surface area contributed by atoms with Crippen molar-refractivity contribution in [2.45, 2.75) is 26.8 Å².